The number of ether oxygens (including phenoxy) is 3. The summed E-state index contributed by atoms with van der Waals surface area (Å²) in [5.74, 6) is -0.896. The molecule has 0 aromatic rings. The first-order valence-electron chi connectivity index (χ1n) is 23.5. The van der Waals surface area contributed by atoms with Crippen LogP contribution in [-0.2, 0) is 28.6 Å². The molecule has 0 heterocycles. The molecule has 0 N–H and O–H groups in total. The van der Waals surface area contributed by atoms with E-state index < -0.39 is 6.10 Å². The summed E-state index contributed by atoms with van der Waals surface area (Å²) in [5.41, 5.74) is 0. The van der Waals surface area contributed by atoms with Crippen molar-refractivity contribution in [3.8, 4) is 0 Å². The van der Waals surface area contributed by atoms with Crippen LogP contribution in [-0.4, -0.2) is 37.2 Å². The van der Waals surface area contributed by atoms with Gasteiger partial charge in [-0.05, 0) is 70.6 Å². The molecule has 0 saturated carbocycles. The van der Waals surface area contributed by atoms with Crippen molar-refractivity contribution >= 4 is 17.9 Å². The number of rotatable bonds is 42. The molecule has 6 heteroatoms. The van der Waals surface area contributed by atoms with E-state index in [2.05, 4.69) is 57.2 Å². The number of allylic oxidation sites excluding steroid dienone is 6. The molecule has 0 aliphatic rings. The highest BCUT2D eigenvalue weighted by Gasteiger charge is 2.19. The maximum atomic E-state index is 12.7. The zero-order chi connectivity index (χ0) is 40.1. The van der Waals surface area contributed by atoms with Crippen LogP contribution in [0.25, 0.3) is 0 Å². The van der Waals surface area contributed by atoms with Crippen molar-refractivity contribution in [1.29, 1.82) is 0 Å². The van der Waals surface area contributed by atoms with Gasteiger partial charge in [-0.15, -0.1) is 0 Å². The van der Waals surface area contributed by atoms with Crippen LogP contribution in [0.5, 0.6) is 0 Å². The van der Waals surface area contributed by atoms with Gasteiger partial charge in [-0.25, -0.2) is 0 Å². The number of carbonyl (C=O) groups excluding carboxylic acids is 3. The quantitative estimate of drug-likeness (QED) is 0.0266. The lowest BCUT2D eigenvalue weighted by Crippen LogP contribution is -2.30. The summed E-state index contributed by atoms with van der Waals surface area (Å²) in [4.78, 5) is 37.7. The van der Waals surface area contributed by atoms with Crippen molar-refractivity contribution in [3.05, 3.63) is 36.5 Å². The Morgan fingerprint density at radius 2 is 0.691 bits per heavy atom. The van der Waals surface area contributed by atoms with E-state index in [1.807, 2.05) is 0 Å². The Balaban J connectivity index is 4.29. The fourth-order valence-electron chi connectivity index (χ4n) is 6.53. The van der Waals surface area contributed by atoms with Crippen LogP contribution in [0.4, 0.5) is 0 Å². The molecule has 320 valence electrons. The van der Waals surface area contributed by atoms with Crippen LogP contribution < -0.4 is 0 Å². The SMILES string of the molecule is CCC/C=C\CCCCCCCC(=O)OC(COC(=O)CCCCCCCCC/C=C\C/C=C\CCCCCC)COC(=O)CCCCCCCCCCC. The van der Waals surface area contributed by atoms with Crippen molar-refractivity contribution in [2.45, 2.75) is 245 Å². The molecule has 0 radical (unpaired) electrons. The topological polar surface area (TPSA) is 78.9 Å². The third-order valence-corrected chi connectivity index (χ3v) is 10.1. The molecule has 1 unspecified atom stereocenters. The lowest BCUT2D eigenvalue weighted by Gasteiger charge is -2.18. The molecule has 1 atom stereocenters. The third kappa shape index (κ3) is 42.6. The monoisotopic (exact) mass is 773 g/mol. The van der Waals surface area contributed by atoms with E-state index in [4.69, 9.17) is 14.2 Å². The van der Waals surface area contributed by atoms with Crippen LogP contribution in [0.3, 0.4) is 0 Å². The summed E-state index contributed by atoms with van der Waals surface area (Å²) < 4.78 is 16.7. The van der Waals surface area contributed by atoms with Crippen LogP contribution >= 0.6 is 0 Å². The zero-order valence-electron chi connectivity index (χ0n) is 36.4. The maximum absolute atomic E-state index is 12.7. The van der Waals surface area contributed by atoms with Crippen molar-refractivity contribution in [1.82, 2.24) is 0 Å². The Morgan fingerprint density at radius 3 is 1.11 bits per heavy atom. The second kappa shape index (κ2) is 44.3. The van der Waals surface area contributed by atoms with Crippen molar-refractivity contribution in [2.75, 3.05) is 13.2 Å². The average Bonchev–Trinajstić information content (AvgIpc) is 3.18. The summed E-state index contributed by atoms with van der Waals surface area (Å²) >= 11 is 0. The summed E-state index contributed by atoms with van der Waals surface area (Å²) in [5, 5.41) is 0. The second-order valence-corrected chi connectivity index (χ2v) is 15.7. The molecular weight excluding hydrogens is 685 g/mol. The molecule has 55 heavy (non-hydrogen) atoms. The van der Waals surface area contributed by atoms with E-state index in [9.17, 15) is 14.4 Å². The first-order chi connectivity index (χ1) is 27.0. The Labute approximate surface area is 340 Å². The molecule has 0 aromatic heterocycles. The average molecular weight is 773 g/mol. The predicted molar refractivity (Wildman–Crippen MR) is 233 cm³/mol. The van der Waals surface area contributed by atoms with Crippen molar-refractivity contribution < 1.29 is 28.6 Å². The molecule has 0 amide bonds. The molecule has 0 spiro atoms. The first kappa shape index (κ1) is 52.6. The summed E-state index contributed by atoms with van der Waals surface area (Å²) in [6.45, 7) is 6.52. The Bertz CT molecular complexity index is 938. The highest BCUT2D eigenvalue weighted by atomic mass is 16.6. The van der Waals surface area contributed by atoms with Crippen LogP contribution in [0, 0.1) is 0 Å². The molecule has 0 aliphatic carbocycles. The van der Waals surface area contributed by atoms with Gasteiger partial charge in [0, 0.05) is 19.3 Å². The van der Waals surface area contributed by atoms with E-state index in [1.54, 1.807) is 0 Å². The number of esters is 3. The van der Waals surface area contributed by atoms with Crippen LogP contribution in [0.1, 0.15) is 239 Å². The normalized spacial score (nSPS) is 12.3. The predicted octanol–water partition coefficient (Wildman–Crippen LogP) is 15.0. The molecule has 6 nitrogen and oxygen atoms in total. The number of unbranched alkanes of at least 4 members (excludes halogenated alkanes) is 25. The van der Waals surface area contributed by atoms with E-state index in [0.29, 0.717) is 19.3 Å². The summed E-state index contributed by atoms with van der Waals surface area (Å²) in [6, 6.07) is 0. The van der Waals surface area contributed by atoms with Gasteiger partial charge in [-0.2, -0.15) is 0 Å². The molecule has 0 fully saturated rings. The maximum Gasteiger partial charge on any atom is 0.306 e. The smallest absolute Gasteiger partial charge is 0.306 e. The standard InChI is InChI=1S/C49H88O6/c1-4-7-10-13-16-19-21-22-23-24-25-26-27-28-31-33-36-39-42-48(51)54-45-46(44-53-47(50)41-38-35-32-29-18-15-12-9-6-3)55-49(52)43-40-37-34-30-20-17-14-11-8-5-2/h11,14,19,21,23-24,46H,4-10,12-13,15-18,20,22,25-45H2,1-3H3/b14-11-,21-19-,24-23-. The molecule has 0 bridgehead atoms. The van der Waals surface area contributed by atoms with E-state index >= 15 is 0 Å². The Morgan fingerprint density at radius 1 is 0.364 bits per heavy atom. The summed E-state index contributed by atoms with van der Waals surface area (Å²) in [7, 11) is 0. The van der Waals surface area contributed by atoms with Gasteiger partial charge in [0.2, 0.25) is 0 Å². The van der Waals surface area contributed by atoms with Gasteiger partial charge >= 0.3 is 17.9 Å². The van der Waals surface area contributed by atoms with Gasteiger partial charge in [-0.1, -0.05) is 186 Å². The second-order valence-electron chi connectivity index (χ2n) is 15.7. The largest absolute Gasteiger partial charge is 0.462 e. The minimum absolute atomic E-state index is 0.0765. The zero-order valence-corrected chi connectivity index (χ0v) is 36.4. The van der Waals surface area contributed by atoms with Crippen molar-refractivity contribution in [3.63, 3.8) is 0 Å². The highest BCUT2D eigenvalue weighted by Crippen LogP contribution is 2.14. The fraction of sp³-hybridized carbons (Fsp3) is 0.816. The molecule has 0 saturated heterocycles. The van der Waals surface area contributed by atoms with E-state index in [-0.39, 0.29) is 31.1 Å². The molecular formula is C49H88O6. The van der Waals surface area contributed by atoms with Crippen LogP contribution in [0.15, 0.2) is 36.5 Å². The molecule has 0 aliphatic heterocycles. The van der Waals surface area contributed by atoms with Gasteiger partial charge in [0.05, 0.1) is 0 Å². The Kier molecular flexibility index (Phi) is 42.4. The molecule has 0 rings (SSSR count). The van der Waals surface area contributed by atoms with Gasteiger partial charge in [0.25, 0.3) is 0 Å². The Hall–Kier alpha value is -2.37. The van der Waals surface area contributed by atoms with Gasteiger partial charge in [0.1, 0.15) is 13.2 Å². The number of carbonyl (C=O) groups is 3. The minimum atomic E-state index is -0.773. The van der Waals surface area contributed by atoms with Crippen molar-refractivity contribution in [2.24, 2.45) is 0 Å². The lowest BCUT2D eigenvalue weighted by atomic mass is 10.1. The van der Waals surface area contributed by atoms with Gasteiger partial charge < -0.3 is 14.2 Å². The van der Waals surface area contributed by atoms with Crippen LogP contribution in [0.2, 0.25) is 0 Å². The lowest BCUT2D eigenvalue weighted by molar-refractivity contribution is -0.167. The van der Waals surface area contributed by atoms with Gasteiger partial charge in [0.15, 0.2) is 6.10 Å². The third-order valence-electron chi connectivity index (χ3n) is 10.1. The summed E-state index contributed by atoms with van der Waals surface area (Å²) in [6.07, 6.45) is 49.9. The first-order valence-corrected chi connectivity index (χ1v) is 23.5. The molecule has 0 aromatic carbocycles. The van der Waals surface area contributed by atoms with Gasteiger partial charge in [-0.3, -0.25) is 14.4 Å². The van der Waals surface area contributed by atoms with E-state index in [1.165, 1.54) is 109 Å². The number of hydrogen-bond donors (Lipinski definition) is 0. The highest BCUT2D eigenvalue weighted by molar-refractivity contribution is 5.71. The number of hydrogen-bond acceptors (Lipinski definition) is 6. The van der Waals surface area contributed by atoms with E-state index in [0.717, 1.165) is 89.9 Å². The minimum Gasteiger partial charge on any atom is -0.462 e. The fourth-order valence-corrected chi connectivity index (χ4v) is 6.53.